The van der Waals surface area contributed by atoms with Gasteiger partial charge in [-0.1, -0.05) is 6.07 Å². The van der Waals surface area contributed by atoms with Crippen LogP contribution in [0.3, 0.4) is 0 Å². The number of rotatable bonds is 4. The van der Waals surface area contributed by atoms with Gasteiger partial charge in [0.2, 0.25) is 5.91 Å². The summed E-state index contributed by atoms with van der Waals surface area (Å²) in [4.78, 5) is 29.5. The number of nitrogens with one attached hydrogen (secondary N) is 1. The maximum Gasteiger partial charge on any atom is 0.419 e. The van der Waals surface area contributed by atoms with Crippen LogP contribution >= 0.6 is 11.3 Å². The first-order chi connectivity index (χ1) is 15.9. The van der Waals surface area contributed by atoms with Crippen LogP contribution in [0, 0.1) is 11.0 Å². The number of thiazole rings is 1. The van der Waals surface area contributed by atoms with Gasteiger partial charge in [-0.05, 0) is 26.0 Å². The zero-order chi connectivity index (χ0) is 24.9. The number of aryl methyl sites for hydroxylation is 1. The summed E-state index contributed by atoms with van der Waals surface area (Å²) < 4.78 is 53.5. The minimum absolute atomic E-state index is 0.124. The lowest BCUT2D eigenvalue weighted by Crippen LogP contribution is -2.42. The molecule has 0 aliphatic carbocycles. The number of aromatic nitrogens is 3. The summed E-state index contributed by atoms with van der Waals surface area (Å²) in [7, 11) is 1.57. The molecule has 0 radical (unpaired) electrons. The number of carbonyl (C=O) groups is 2. The van der Waals surface area contributed by atoms with E-state index in [0.717, 1.165) is 23.5 Å². The van der Waals surface area contributed by atoms with E-state index in [9.17, 15) is 32.4 Å². The molecule has 0 bridgehead atoms. The van der Waals surface area contributed by atoms with Gasteiger partial charge in [0, 0.05) is 24.0 Å². The smallest absolute Gasteiger partial charge is 0.419 e. The van der Waals surface area contributed by atoms with Gasteiger partial charge >= 0.3 is 6.18 Å². The summed E-state index contributed by atoms with van der Waals surface area (Å²) in [6, 6.07) is 0.923. The highest BCUT2D eigenvalue weighted by Crippen LogP contribution is 2.35. The lowest BCUT2D eigenvalue weighted by atomic mass is 9.93. The highest BCUT2D eigenvalue weighted by Gasteiger charge is 2.36. The average molecular weight is 496 g/mol. The minimum Gasteiger partial charge on any atom is -0.784 e. The minimum atomic E-state index is -4.81. The number of ketones is 1. The molecule has 0 saturated heterocycles. The van der Waals surface area contributed by atoms with E-state index in [1.807, 2.05) is 0 Å². The van der Waals surface area contributed by atoms with Gasteiger partial charge in [-0.25, -0.2) is 9.37 Å². The van der Waals surface area contributed by atoms with Crippen LogP contribution in [0.5, 0.6) is 0 Å². The largest absolute Gasteiger partial charge is 0.784 e. The number of alkyl halides is 3. The molecule has 34 heavy (non-hydrogen) atoms. The monoisotopic (exact) mass is 496 g/mol. The number of hydrogen-bond donors (Lipinski definition) is 1. The van der Waals surface area contributed by atoms with Crippen molar-refractivity contribution in [2.75, 3.05) is 5.32 Å². The summed E-state index contributed by atoms with van der Waals surface area (Å²) in [5.41, 5.74) is -0.143. The van der Waals surface area contributed by atoms with Crippen molar-refractivity contribution in [3.05, 3.63) is 57.1 Å². The van der Waals surface area contributed by atoms with Gasteiger partial charge in [-0.2, -0.15) is 18.3 Å². The molecule has 1 N–H and O–H groups in total. The third kappa shape index (κ3) is 4.21. The van der Waals surface area contributed by atoms with E-state index < -0.39 is 41.3 Å². The van der Waals surface area contributed by atoms with Gasteiger partial charge in [0.1, 0.15) is 5.82 Å². The number of amides is 1. The normalized spacial score (nSPS) is 18.8. The lowest BCUT2D eigenvalue weighted by molar-refractivity contribution is -0.140. The number of fused-ring (bicyclic) bond motifs is 1. The van der Waals surface area contributed by atoms with Gasteiger partial charge < -0.3 is 15.6 Å². The topological polar surface area (TPSA) is 103 Å². The Labute approximate surface area is 194 Å². The van der Waals surface area contributed by atoms with Crippen molar-refractivity contribution in [3.8, 4) is 11.3 Å². The molecule has 3 heterocycles. The number of hydrogen-bond acceptors (Lipinski definition) is 7. The second-order valence-corrected chi connectivity index (χ2v) is 8.72. The van der Waals surface area contributed by atoms with Gasteiger partial charge in [-0.15, -0.1) is 11.3 Å². The standard InChI is InChI=1S/C21H18F4N5O3S/c1-9-18-17(19(32)10(2)30(9)33)15(29(3)28-18)7-16(31)27-20-26-14(8-34-20)11-4-5-12(13(22)6-11)21(23,24)25/h4-6,8-10H,7H2,1-3H3,(H,26,27,31)/q-1. The molecule has 13 heteroatoms. The van der Waals surface area contributed by atoms with Crippen LogP contribution in [-0.2, 0) is 24.4 Å². The second-order valence-electron chi connectivity index (χ2n) is 7.86. The second kappa shape index (κ2) is 8.56. The van der Waals surface area contributed by atoms with Crippen molar-refractivity contribution < 1.29 is 27.2 Å². The SMILES string of the molecule is CC1C(=O)c2c(nn(C)c2CC(=O)Nc2nc(-c3ccc(C(F)(F)F)c(F)c3)cs2)C(C)N1[O-]. The Morgan fingerprint density at radius 3 is 2.62 bits per heavy atom. The van der Waals surface area contributed by atoms with Crippen molar-refractivity contribution in [3.63, 3.8) is 0 Å². The third-order valence-electron chi connectivity index (χ3n) is 5.63. The Morgan fingerprint density at radius 1 is 1.26 bits per heavy atom. The summed E-state index contributed by atoms with van der Waals surface area (Å²) in [6.07, 6.45) is -5.02. The maximum absolute atomic E-state index is 13.9. The quantitative estimate of drug-likeness (QED) is 0.540. The number of nitrogens with zero attached hydrogens (tertiary/aromatic N) is 4. The molecule has 2 atom stereocenters. The van der Waals surface area contributed by atoms with E-state index in [1.165, 1.54) is 17.0 Å². The summed E-state index contributed by atoms with van der Waals surface area (Å²) >= 11 is 1.01. The molecule has 8 nitrogen and oxygen atoms in total. The number of benzene rings is 1. The molecule has 2 unspecified atom stereocenters. The molecule has 0 fully saturated rings. The molecule has 1 aromatic carbocycles. The van der Waals surface area contributed by atoms with E-state index in [4.69, 9.17) is 0 Å². The van der Waals surface area contributed by atoms with Gasteiger partial charge in [-0.3, -0.25) is 14.3 Å². The van der Waals surface area contributed by atoms with E-state index in [0.29, 0.717) is 22.5 Å². The summed E-state index contributed by atoms with van der Waals surface area (Å²) in [5, 5.41) is 21.3. The fourth-order valence-corrected chi connectivity index (χ4v) is 4.55. The van der Waals surface area contributed by atoms with Crippen LogP contribution < -0.4 is 5.32 Å². The molecule has 2 aromatic heterocycles. The summed E-state index contributed by atoms with van der Waals surface area (Å²) in [5.74, 6) is -2.35. The van der Waals surface area contributed by atoms with Gasteiger partial charge in [0.15, 0.2) is 10.9 Å². The predicted octanol–water partition coefficient (Wildman–Crippen LogP) is 4.33. The molecule has 0 saturated carbocycles. The van der Waals surface area contributed by atoms with Crippen LogP contribution in [0.15, 0.2) is 23.6 Å². The van der Waals surface area contributed by atoms with Gasteiger partial charge in [0.25, 0.3) is 0 Å². The molecule has 1 aliphatic rings. The van der Waals surface area contributed by atoms with Gasteiger partial charge in [0.05, 0.1) is 40.7 Å². The first kappa shape index (κ1) is 24.0. The first-order valence-corrected chi connectivity index (χ1v) is 10.9. The number of anilines is 1. The number of carbonyl (C=O) groups excluding carboxylic acids is 2. The number of hydroxylamine groups is 2. The predicted molar refractivity (Wildman–Crippen MR) is 115 cm³/mol. The number of Topliss-reactive ketones (excluding diaryl/α,β-unsaturated/α-hetero) is 1. The Morgan fingerprint density at radius 2 is 1.97 bits per heavy atom. The van der Waals surface area contributed by atoms with Crippen LogP contribution in [0.4, 0.5) is 22.7 Å². The third-order valence-corrected chi connectivity index (χ3v) is 6.38. The molecule has 180 valence electrons. The lowest BCUT2D eigenvalue weighted by Gasteiger charge is -2.42. The first-order valence-electron chi connectivity index (χ1n) is 10.1. The average Bonchev–Trinajstić information content (AvgIpc) is 3.34. The molecule has 0 spiro atoms. The van der Waals surface area contributed by atoms with Crippen molar-refractivity contribution in [1.29, 1.82) is 0 Å². The van der Waals surface area contributed by atoms with E-state index >= 15 is 0 Å². The Balaban J connectivity index is 1.52. The van der Waals surface area contributed by atoms with Crippen LogP contribution in [-0.4, -0.2) is 37.6 Å². The van der Waals surface area contributed by atoms with Crippen LogP contribution in [0.2, 0.25) is 0 Å². The Kier molecular flexibility index (Phi) is 6.04. The summed E-state index contributed by atoms with van der Waals surface area (Å²) in [6.45, 7) is 3.12. The molecular weight excluding hydrogens is 478 g/mol. The molecule has 3 aromatic rings. The Hall–Kier alpha value is -3.16. The molecule has 1 amide bonds. The zero-order valence-corrected chi connectivity index (χ0v) is 18.9. The van der Waals surface area contributed by atoms with E-state index in [-0.39, 0.29) is 28.4 Å². The number of halogens is 4. The molecule has 1 aliphatic heterocycles. The fraction of sp³-hybridized carbons (Fsp3) is 0.333. The van der Waals surface area contributed by atoms with Crippen molar-refractivity contribution in [2.45, 2.75) is 38.5 Å². The van der Waals surface area contributed by atoms with E-state index in [1.54, 1.807) is 14.0 Å². The van der Waals surface area contributed by atoms with Crippen molar-refractivity contribution in [2.24, 2.45) is 7.05 Å². The fourth-order valence-electron chi connectivity index (χ4n) is 3.81. The Bertz CT molecular complexity index is 1290. The van der Waals surface area contributed by atoms with Crippen molar-refractivity contribution >= 4 is 28.2 Å². The maximum atomic E-state index is 13.9. The molecular formula is C21H18F4N5O3S-. The highest BCUT2D eigenvalue weighted by atomic mass is 32.1. The van der Waals surface area contributed by atoms with Crippen LogP contribution in [0.25, 0.3) is 11.3 Å². The highest BCUT2D eigenvalue weighted by molar-refractivity contribution is 7.14. The molecule has 4 rings (SSSR count). The zero-order valence-electron chi connectivity index (χ0n) is 18.1. The van der Waals surface area contributed by atoms with E-state index in [2.05, 4.69) is 15.4 Å². The van der Waals surface area contributed by atoms with Crippen LogP contribution in [0.1, 0.15) is 47.2 Å². The van der Waals surface area contributed by atoms with Crippen molar-refractivity contribution in [1.82, 2.24) is 19.8 Å².